The lowest BCUT2D eigenvalue weighted by Gasteiger charge is -1.97. The average Bonchev–Trinajstić information content (AvgIpc) is 2.03. The Balaban J connectivity index is 3.20. The lowest BCUT2D eigenvalue weighted by Crippen LogP contribution is -2.04. The second kappa shape index (κ2) is 3.79. The maximum absolute atomic E-state index is 10.8. The van der Waals surface area contributed by atoms with Crippen LogP contribution in [0.1, 0.15) is 18.1 Å². The van der Waals surface area contributed by atoms with E-state index in [9.17, 15) is 4.57 Å². The Labute approximate surface area is 73.1 Å². The van der Waals surface area contributed by atoms with Gasteiger partial charge in [-0.3, -0.25) is 0 Å². The molecule has 0 aliphatic carbocycles. The highest BCUT2D eigenvalue weighted by atomic mass is 31.1. The topological polar surface area (TPSA) is 37.3 Å². The Bertz CT molecular complexity index is 307. The predicted octanol–water partition coefficient (Wildman–Crippen LogP) is 1.92. The minimum atomic E-state index is -2.18. The molecule has 1 aromatic rings. The summed E-state index contributed by atoms with van der Waals surface area (Å²) in [7, 11) is -2.18. The summed E-state index contributed by atoms with van der Waals surface area (Å²) in [5, 5.41) is 0.568. The zero-order valence-corrected chi connectivity index (χ0v) is 8.14. The van der Waals surface area contributed by atoms with E-state index in [1.165, 1.54) is 0 Å². The monoisotopic (exact) mass is 183 g/mol. The molecule has 0 radical (unpaired) electrons. The molecule has 1 unspecified atom stereocenters. The van der Waals surface area contributed by atoms with Crippen molar-refractivity contribution in [3.8, 4) is 0 Å². The maximum Gasteiger partial charge on any atom is 0.546 e. The molecule has 2 nitrogen and oxygen atoms in total. The number of rotatable bonds is 2. The van der Waals surface area contributed by atoms with Crippen LogP contribution in [0.15, 0.2) is 18.2 Å². The Morgan fingerprint density at radius 2 is 2.17 bits per heavy atom. The van der Waals surface area contributed by atoms with Gasteiger partial charge in [0.25, 0.3) is 0 Å². The predicted molar refractivity (Wildman–Crippen MR) is 50.0 cm³/mol. The van der Waals surface area contributed by atoms with Crippen molar-refractivity contribution in [1.82, 2.24) is 0 Å². The quantitative estimate of drug-likeness (QED) is 0.711. The van der Waals surface area contributed by atoms with Gasteiger partial charge in [0.1, 0.15) is 0 Å². The molecule has 0 spiro atoms. The molecular weight excluding hydrogens is 171 g/mol. The van der Waals surface area contributed by atoms with Gasteiger partial charge < -0.3 is 0 Å². The van der Waals surface area contributed by atoms with Crippen molar-refractivity contribution in [2.45, 2.75) is 20.3 Å². The second-order valence-corrected chi connectivity index (χ2v) is 3.79. The van der Waals surface area contributed by atoms with Crippen molar-refractivity contribution in [2.24, 2.45) is 0 Å². The maximum atomic E-state index is 10.8. The van der Waals surface area contributed by atoms with E-state index in [2.05, 4.69) is 0 Å². The first-order chi connectivity index (χ1) is 5.65. The minimum Gasteiger partial charge on any atom is -0.156 e. The van der Waals surface area contributed by atoms with Gasteiger partial charge in [-0.05, 0) is 24.0 Å². The second-order valence-electron chi connectivity index (χ2n) is 2.76. The average molecular weight is 183 g/mol. The van der Waals surface area contributed by atoms with Crippen LogP contribution in [-0.2, 0) is 11.0 Å². The molecule has 1 aromatic carbocycles. The summed E-state index contributed by atoms with van der Waals surface area (Å²) in [6.45, 7) is 3.96. The van der Waals surface area contributed by atoms with Crippen LogP contribution in [0, 0.1) is 6.92 Å². The smallest absolute Gasteiger partial charge is 0.156 e. The fraction of sp³-hybridized carbons (Fsp3) is 0.333. The van der Waals surface area contributed by atoms with Gasteiger partial charge in [-0.25, -0.2) is 0 Å². The summed E-state index contributed by atoms with van der Waals surface area (Å²) in [6.07, 6.45) is 0.804. The van der Waals surface area contributed by atoms with Gasteiger partial charge in [0.2, 0.25) is 5.30 Å². The first-order valence-corrected chi connectivity index (χ1v) is 5.12. The van der Waals surface area contributed by atoms with Gasteiger partial charge in [-0.1, -0.05) is 24.6 Å². The summed E-state index contributed by atoms with van der Waals surface area (Å²) in [5.41, 5.74) is 2.10. The van der Waals surface area contributed by atoms with E-state index >= 15 is 0 Å². The lowest BCUT2D eigenvalue weighted by atomic mass is 10.1. The molecule has 0 fully saturated rings. The van der Waals surface area contributed by atoms with E-state index in [4.69, 9.17) is 4.89 Å². The summed E-state index contributed by atoms with van der Waals surface area (Å²) in [4.78, 5) is 8.94. The molecule has 0 aliphatic rings. The molecule has 3 heteroatoms. The Morgan fingerprint density at radius 1 is 1.50 bits per heavy atom. The largest absolute Gasteiger partial charge is 0.546 e. The molecule has 1 rings (SSSR count). The molecule has 1 atom stereocenters. The molecule has 0 heterocycles. The third-order valence-corrected chi connectivity index (χ3v) is 2.67. The van der Waals surface area contributed by atoms with E-state index < -0.39 is 8.03 Å². The van der Waals surface area contributed by atoms with Gasteiger partial charge in [-0.15, -0.1) is 0 Å². The Morgan fingerprint density at radius 3 is 2.67 bits per heavy atom. The van der Waals surface area contributed by atoms with E-state index in [0.29, 0.717) is 5.30 Å². The van der Waals surface area contributed by atoms with Crippen LogP contribution in [0.5, 0.6) is 0 Å². The highest BCUT2D eigenvalue weighted by molar-refractivity contribution is 7.47. The van der Waals surface area contributed by atoms with Gasteiger partial charge in [0, 0.05) is 5.56 Å². The fourth-order valence-electron chi connectivity index (χ4n) is 1.18. The zero-order chi connectivity index (χ0) is 9.14. The number of benzene rings is 1. The first kappa shape index (κ1) is 9.37. The third kappa shape index (κ3) is 1.90. The van der Waals surface area contributed by atoms with E-state index in [1.807, 2.05) is 26.0 Å². The molecule has 0 bridgehead atoms. The van der Waals surface area contributed by atoms with Gasteiger partial charge in [0.05, 0.1) is 0 Å². The Hall–Kier alpha value is -0.720. The summed E-state index contributed by atoms with van der Waals surface area (Å²) < 4.78 is 10.8. The lowest BCUT2D eigenvalue weighted by molar-refractivity contribution is 0.513. The summed E-state index contributed by atoms with van der Waals surface area (Å²) in [5.74, 6) is 0. The van der Waals surface area contributed by atoms with Crippen LogP contribution in [-0.4, -0.2) is 4.89 Å². The van der Waals surface area contributed by atoms with Crippen LogP contribution < -0.4 is 5.30 Å². The molecule has 1 N–H and O–H groups in total. The number of hydrogen-bond acceptors (Lipinski definition) is 1. The fourth-order valence-corrected chi connectivity index (χ4v) is 1.85. The molecule has 64 valence electrons. The SMILES string of the molecule is CCc1cc(C)ccc1[P+](=O)O. The van der Waals surface area contributed by atoms with Gasteiger partial charge in [-0.2, -0.15) is 4.89 Å². The van der Waals surface area contributed by atoms with Crippen LogP contribution >= 0.6 is 8.03 Å². The van der Waals surface area contributed by atoms with Crippen LogP contribution in [0.4, 0.5) is 0 Å². The normalized spacial score (nSPS) is 11.4. The number of aryl methyl sites for hydroxylation is 2. The minimum absolute atomic E-state index is 0.568. The summed E-state index contributed by atoms with van der Waals surface area (Å²) >= 11 is 0. The van der Waals surface area contributed by atoms with Gasteiger partial charge in [0.15, 0.2) is 0 Å². The molecule has 0 aliphatic heterocycles. The molecule has 0 saturated heterocycles. The molecule has 0 aromatic heterocycles. The van der Waals surface area contributed by atoms with Crippen molar-refractivity contribution in [3.05, 3.63) is 29.3 Å². The van der Waals surface area contributed by atoms with Crippen molar-refractivity contribution in [3.63, 3.8) is 0 Å². The molecule has 0 saturated carbocycles. The van der Waals surface area contributed by atoms with E-state index in [-0.39, 0.29) is 0 Å². The molecule has 12 heavy (non-hydrogen) atoms. The highest BCUT2D eigenvalue weighted by Crippen LogP contribution is 2.17. The third-order valence-electron chi connectivity index (χ3n) is 1.82. The number of hydrogen-bond donors (Lipinski definition) is 1. The van der Waals surface area contributed by atoms with Crippen LogP contribution in [0.25, 0.3) is 0 Å². The van der Waals surface area contributed by atoms with E-state index in [1.54, 1.807) is 6.07 Å². The first-order valence-electron chi connectivity index (χ1n) is 3.90. The van der Waals surface area contributed by atoms with Crippen LogP contribution in [0.2, 0.25) is 0 Å². The molecular formula is C9H12O2P+. The van der Waals surface area contributed by atoms with Crippen molar-refractivity contribution in [1.29, 1.82) is 0 Å². The van der Waals surface area contributed by atoms with E-state index in [0.717, 1.165) is 17.5 Å². The Kier molecular flexibility index (Phi) is 2.96. The van der Waals surface area contributed by atoms with Gasteiger partial charge >= 0.3 is 8.03 Å². The van der Waals surface area contributed by atoms with Crippen LogP contribution in [0.3, 0.4) is 0 Å². The van der Waals surface area contributed by atoms with Crippen molar-refractivity contribution < 1.29 is 9.46 Å². The van der Waals surface area contributed by atoms with Crippen molar-refractivity contribution >= 4 is 13.3 Å². The molecule has 0 amide bonds. The highest BCUT2D eigenvalue weighted by Gasteiger charge is 2.19. The standard InChI is InChI=1S/C9H11O2P/c1-3-8-6-7(2)4-5-9(8)12(10)11/h4-6H,3H2,1-2H3/p+1. The van der Waals surface area contributed by atoms with Crippen molar-refractivity contribution in [2.75, 3.05) is 0 Å². The summed E-state index contributed by atoms with van der Waals surface area (Å²) in [6, 6.07) is 5.55. The zero-order valence-electron chi connectivity index (χ0n) is 7.24.